The van der Waals surface area contributed by atoms with E-state index in [0.717, 1.165) is 18.4 Å². The van der Waals surface area contributed by atoms with Gasteiger partial charge in [-0.25, -0.2) is 4.79 Å². The topological polar surface area (TPSA) is 46.5 Å². The van der Waals surface area contributed by atoms with Gasteiger partial charge in [0.25, 0.3) is 0 Å². The van der Waals surface area contributed by atoms with Gasteiger partial charge in [-0.05, 0) is 46.1 Å². The molecule has 3 nitrogen and oxygen atoms in total. The van der Waals surface area contributed by atoms with Gasteiger partial charge in [0.05, 0.1) is 11.1 Å². The van der Waals surface area contributed by atoms with Gasteiger partial charge in [0.1, 0.15) is 5.75 Å². The molecule has 0 aliphatic carbocycles. The number of ether oxygens (including phenoxy) is 1. The lowest BCUT2D eigenvalue weighted by atomic mass is 10.2. The summed E-state index contributed by atoms with van der Waals surface area (Å²) in [6, 6.07) is 5.03. The zero-order valence-electron chi connectivity index (χ0n) is 11.1. The lowest BCUT2D eigenvalue weighted by Gasteiger charge is -2.01. The number of hydrogen-bond acceptors (Lipinski definition) is 3. The van der Waals surface area contributed by atoms with Crippen molar-refractivity contribution in [2.24, 2.45) is 0 Å². The molecule has 1 N–H and O–H groups in total. The maximum atomic E-state index is 11.4. The second-order valence-electron chi connectivity index (χ2n) is 4.27. The SMILES string of the molecule is CCCCCCOC(=O)C=Cc1ccc(O)c(Br)c1. The Morgan fingerprint density at radius 2 is 2.16 bits per heavy atom. The molecule has 0 saturated heterocycles. The van der Waals surface area contributed by atoms with Crippen LogP contribution in [0.3, 0.4) is 0 Å². The Hall–Kier alpha value is -1.29. The highest BCUT2D eigenvalue weighted by molar-refractivity contribution is 9.10. The Morgan fingerprint density at radius 1 is 1.37 bits per heavy atom. The first kappa shape index (κ1) is 15.8. The van der Waals surface area contributed by atoms with Crippen molar-refractivity contribution in [3.63, 3.8) is 0 Å². The third-order valence-electron chi connectivity index (χ3n) is 2.63. The molecule has 0 atom stereocenters. The summed E-state index contributed by atoms with van der Waals surface area (Å²) in [5.74, 6) is -0.156. The first-order valence-electron chi connectivity index (χ1n) is 6.47. The number of aromatic hydroxyl groups is 1. The largest absolute Gasteiger partial charge is 0.507 e. The lowest BCUT2D eigenvalue weighted by molar-refractivity contribution is -0.137. The summed E-state index contributed by atoms with van der Waals surface area (Å²) < 4.78 is 5.68. The van der Waals surface area contributed by atoms with Crippen molar-refractivity contribution in [2.45, 2.75) is 32.6 Å². The second kappa shape index (κ2) is 8.75. The van der Waals surface area contributed by atoms with Crippen molar-refractivity contribution in [2.75, 3.05) is 6.61 Å². The van der Waals surface area contributed by atoms with Crippen LogP contribution in [0.2, 0.25) is 0 Å². The predicted octanol–water partition coefficient (Wildman–Crippen LogP) is 4.29. The molecule has 1 aromatic carbocycles. The second-order valence-corrected chi connectivity index (χ2v) is 5.13. The summed E-state index contributed by atoms with van der Waals surface area (Å²) >= 11 is 3.22. The van der Waals surface area contributed by atoms with E-state index < -0.39 is 0 Å². The smallest absolute Gasteiger partial charge is 0.330 e. The highest BCUT2D eigenvalue weighted by atomic mass is 79.9. The van der Waals surface area contributed by atoms with Gasteiger partial charge in [-0.1, -0.05) is 32.3 Å². The first-order valence-corrected chi connectivity index (χ1v) is 7.26. The summed E-state index contributed by atoms with van der Waals surface area (Å²) in [6.45, 7) is 2.62. The van der Waals surface area contributed by atoms with Crippen molar-refractivity contribution >= 4 is 28.0 Å². The normalized spacial score (nSPS) is 10.8. The molecule has 0 aromatic heterocycles. The third kappa shape index (κ3) is 6.43. The minimum Gasteiger partial charge on any atom is -0.507 e. The average Bonchev–Trinajstić information content (AvgIpc) is 2.40. The zero-order valence-corrected chi connectivity index (χ0v) is 12.6. The van der Waals surface area contributed by atoms with Crippen molar-refractivity contribution in [1.82, 2.24) is 0 Å². The van der Waals surface area contributed by atoms with E-state index >= 15 is 0 Å². The molecule has 4 heteroatoms. The van der Waals surface area contributed by atoms with Crippen LogP contribution in [-0.2, 0) is 9.53 Å². The Morgan fingerprint density at radius 3 is 2.84 bits per heavy atom. The Labute approximate surface area is 122 Å². The molecule has 19 heavy (non-hydrogen) atoms. The van der Waals surface area contributed by atoms with Gasteiger partial charge < -0.3 is 9.84 Å². The molecule has 0 saturated carbocycles. The Bertz CT molecular complexity index is 441. The number of benzene rings is 1. The fourth-order valence-electron chi connectivity index (χ4n) is 1.54. The Balaban J connectivity index is 2.34. The molecule has 0 heterocycles. The number of phenolic OH excluding ortho intramolecular Hbond substituents is 1. The van der Waals surface area contributed by atoms with E-state index in [4.69, 9.17) is 4.74 Å². The number of hydrogen-bond donors (Lipinski definition) is 1. The van der Waals surface area contributed by atoms with Gasteiger partial charge in [-0.2, -0.15) is 0 Å². The summed E-state index contributed by atoms with van der Waals surface area (Å²) in [4.78, 5) is 11.4. The Kier molecular flexibility index (Phi) is 7.26. The van der Waals surface area contributed by atoms with Crippen LogP contribution in [0.4, 0.5) is 0 Å². The molecule has 1 aromatic rings. The van der Waals surface area contributed by atoms with Gasteiger partial charge in [0.15, 0.2) is 0 Å². The third-order valence-corrected chi connectivity index (χ3v) is 3.26. The maximum Gasteiger partial charge on any atom is 0.330 e. The van der Waals surface area contributed by atoms with E-state index in [1.165, 1.54) is 18.9 Å². The summed E-state index contributed by atoms with van der Waals surface area (Å²) in [7, 11) is 0. The molecule has 0 radical (unpaired) electrons. The van der Waals surface area contributed by atoms with Gasteiger partial charge in [0, 0.05) is 6.08 Å². The zero-order chi connectivity index (χ0) is 14.1. The molecule has 0 unspecified atom stereocenters. The van der Waals surface area contributed by atoms with Crippen LogP contribution in [0.25, 0.3) is 6.08 Å². The monoisotopic (exact) mass is 326 g/mol. The number of rotatable bonds is 7. The minimum absolute atomic E-state index is 0.177. The molecule has 0 aliphatic heterocycles. The van der Waals surface area contributed by atoms with Gasteiger partial charge in [-0.3, -0.25) is 0 Å². The summed E-state index contributed by atoms with van der Waals surface area (Å²) in [6.07, 6.45) is 7.42. The molecular weight excluding hydrogens is 308 g/mol. The highest BCUT2D eigenvalue weighted by Crippen LogP contribution is 2.24. The maximum absolute atomic E-state index is 11.4. The number of esters is 1. The number of carbonyl (C=O) groups is 1. The van der Waals surface area contributed by atoms with E-state index in [9.17, 15) is 9.90 Å². The molecule has 0 bridgehead atoms. The van der Waals surface area contributed by atoms with E-state index in [2.05, 4.69) is 22.9 Å². The van der Waals surface area contributed by atoms with Gasteiger partial charge >= 0.3 is 5.97 Å². The molecule has 0 aliphatic rings. The van der Waals surface area contributed by atoms with Crippen LogP contribution in [-0.4, -0.2) is 17.7 Å². The molecule has 0 spiro atoms. The summed E-state index contributed by atoms with van der Waals surface area (Å²) in [5, 5.41) is 9.35. The van der Waals surface area contributed by atoms with Crippen molar-refractivity contribution in [3.05, 3.63) is 34.3 Å². The number of phenols is 1. The number of halogens is 1. The van der Waals surface area contributed by atoms with Crippen LogP contribution in [0.5, 0.6) is 5.75 Å². The molecule has 104 valence electrons. The molecule has 0 amide bonds. The van der Waals surface area contributed by atoms with Crippen molar-refractivity contribution in [1.29, 1.82) is 0 Å². The fourth-order valence-corrected chi connectivity index (χ4v) is 1.94. The number of unbranched alkanes of at least 4 members (excludes halogenated alkanes) is 3. The molecule has 0 fully saturated rings. The van der Waals surface area contributed by atoms with E-state index in [0.29, 0.717) is 11.1 Å². The highest BCUT2D eigenvalue weighted by Gasteiger charge is 1.99. The fraction of sp³-hybridized carbons (Fsp3) is 0.400. The van der Waals surface area contributed by atoms with Gasteiger partial charge in [0.2, 0.25) is 0 Å². The van der Waals surface area contributed by atoms with Crippen LogP contribution < -0.4 is 0 Å². The quantitative estimate of drug-likeness (QED) is 0.462. The van der Waals surface area contributed by atoms with Crippen LogP contribution >= 0.6 is 15.9 Å². The van der Waals surface area contributed by atoms with E-state index in [1.54, 1.807) is 24.3 Å². The van der Waals surface area contributed by atoms with E-state index in [-0.39, 0.29) is 11.7 Å². The van der Waals surface area contributed by atoms with Crippen molar-refractivity contribution < 1.29 is 14.6 Å². The van der Waals surface area contributed by atoms with E-state index in [1.807, 2.05) is 0 Å². The minimum atomic E-state index is -0.333. The first-order chi connectivity index (χ1) is 9.13. The molecular formula is C15H19BrO3. The number of carbonyl (C=O) groups excluding carboxylic acids is 1. The van der Waals surface area contributed by atoms with Gasteiger partial charge in [-0.15, -0.1) is 0 Å². The molecule has 1 rings (SSSR count). The summed E-state index contributed by atoms with van der Waals surface area (Å²) in [5.41, 5.74) is 0.826. The van der Waals surface area contributed by atoms with Crippen molar-refractivity contribution in [3.8, 4) is 5.75 Å². The van der Waals surface area contributed by atoms with Crippen LogP contribution in [0.1, 0.15) is 38.2 Å². The lowest BCUT2D eigenvalue weighted by Crippen LogP contribution is -2.02. The standard InChI is InChI=1S/C15H19BrO3/c1-2-3-4-5-10-19-15(18)9-7-12-6-8-14(17)13(16)11-12/h6-9,11,17H,2-5,10H2,1H3. The average molecular weight is 327 g/mol. The van der Waals surface area contributed by atoms with Crippen LogP contribution in [0, 0.1) is 0 Å². The van der Waals surface area contributed by atoms with Crippen LogP contribution in [0.15, 0.2) is 28.7 Å². The predicted molar refractivity (Wildman–Crippen MR) is 79.9 cm³/mol.